The lowest BCUT2D eigenvalue weighted by molar-refractivity contribution is -0.136. The monoisotopic (exact) mass is 1020 g/mol. The van der Waals surface area contributed by atoms with Gasteiger partial charge in [0.25, 0.3) is 12.4 Å². The molecule has 5 unspecified atom stereocenters. The number of amides is 3. The third-order valence-electron chi connectivity index (χ3n) is 15.5. The summed E-state index contributed by atoms with van der Waals surface area (Å²) in [6, 6.07) is 10.4. The molecule has 11 rings (SSSR count). The quantitative estimate of drug-likeness (QED) is 0.0509. The van der Waals surface area contributed by atoms with E-state index in [4.69, 9.17) is 20.9 Å². The maximum Gasteiger partial charge on any atom is 0.319 e. The number of terminal acetylenes is 1. The topological polar surface area (TPSA) is 212 Å². The van der Waals surface area contributed by atoms with Gasteiger partial charge in [0.2, 0.25) is 11.8 Å². The van der Waals surface area contributed by atoms with Crippen molar-refractivity contribution in [2.45, 2.75) is 74.7 Å². The van der Waals surface area contributed by atoms with Crippen LogP contribution in [0.2, 0.25) is 0 Å². The smallest absolute Gasteiger partial charge is 0.319 e. The van der Waals surface area contributed by atoms with Gasteiger partial charge in [-0.15, -0.1) is 6.42 Å². The van der Waals surface area contributed by atoms with E-state index in [1.807, 2.05) is 0 Å². The molecule has 6 aliphatic heterocycles. The molecule has 0 aliphatic carbocycles. The van der Waals surface area contributed by atoms with Gasteiger partial charge in [0.1, 0.15) is 47.9 Å². The van der Waals surface area contributed by atoms with Crippen molar-refractivity contribution in [3.8, 4) is 35.4 Å². The van der Waals surface area contributed by atoms with Crippen LogP contribution in [0.15, 0.2) is 60.8 Å². The fourth-order valence-corrected chi connectivity index (χ4v) is 11.9. The van der Waals surface area contributed by atoms with Crippen LogP contribution >= 0.6 is 0 Å². The molecule has 6 fully saturated rings. The molecule has 0 spiro atoms. The number of aromatic hydroxyl groups is 1. The van der Waals surface area contributed by atoms with Gasteiger partial charge >= 0.3 is 6.01 Å². The highest BCUT2D eigenvalue weighted by molar-refractivity contribution is 6.06. The summed E-state index contributed by atoms with van der Waals surface area (Å²) >= 11 is 0. The van der Waals surface area contributed by atoms with Crippen LogP contribution in [0, 0.1) is 29.9 Å². The van der Waals surface area contributed by atoms with Crippen molar-refractivity contribution in [2.75, 3.05) is 76.8 Å². The largest absolute Gasteiger partial charge is 0.508 e. The number of ether oxygens (including phenoxy) is 2. The fraction of sp³-hybridized carbons (Fsp3) is 0.418. The number of rotatable bonds is 14. The number of nitrogens with one attached hydrogen (secondary N) is 3. The highest BCUT2D eigenvalue weighted by Crippen LogP contribution is 2.45. The summed E-state index contributed by atoms with van der Waals surface area (Å²) in [4.78, 5) is 80.4. The first kappa shape index (κ1) is 50.9. The zero-order valence-corrected chi connectivity index (χ0v) is 41.7. The molecule has 5 atom stereocenters. The lowest BCUT2D eigenvalue weighted by atomic mass is 9.94. The number of aromatic nitrogens is 3. The Kier molecular flexibility index (Phi) is 14.2. The number of pyridine rings is 1. The predicted octanol–water partition coefficient (Wildman–Crippen LogP) is 4.82. The first-order chi connectivity index (χ1) is 36.1. The van der Waals surface area contributed by atoms with Crippen molar-refractivity contribution in [2.24, 2.45) is 5.92 Å². The molecule has 75 heavy (non-hydrogen) atoms. The number of piperidine rings is 1. The minimum Gasteiger partial charge on any atom is -0.508 e. The first-order valence-corrected chi connectivity index (χ1v) is 25.2. The van der Waals surface area contributed by atoms with Crippen LogP contribution < -0.4 is 25.6 Å². The van der Waals surface area contributed by atoms with Gasteiger partial charge in [-0.1, -0.05) is 24.1 Å². The summed E-state index contributed by atoms with van der Waals surface area (Å²) < 4.78 is 43.3. The van der Waals surface area contributed by atoms with E-state index in [1.165, 1.54) is 42.4 Å². The second-order valence-corrected chi connectivity index (χ2v) is 20.7. The van der Waals surface area contributed by atoms with Crippen LogP contribution in [0.25, 0.3) is 32.9 Å². The van der Waals surface area contributed by atoms with Gasteiger partial charge in [-0.25, -0.2) is 8.78 Å². The standard InChI is InChI=1S/C36H34F2N6O4.C19H24N4O4/c1-3-26-29(37)7-4-21-10-25(46)11-27(30(21)26)32-31(38)33-28(13-39-32)34(43-15-22-5-6-23(16-43)40-22)42-35(41-33)48-18-36-9-8-24(17-47-19-45)44(36)14-20(2)12-36;1-22-9-12(10-22)8-20-14-3-4-15(13(7-14)11-24)19(27)23(2)16-5-6-17(25)21-18(16)26/h1,4,7,10-11,13,19,22-24,40,46H,2,5-6,8-9,12,14-18H2;3-4,7,11-12,16,20H,5-6,8-10H2,1-2H3,(H,21,25,26). The van der Waals surface area contributed by atoms with E-state index in [0.717, 1.165) is 56.6 Å². The Morgan fingerprint density at radius 3 is 2.57 bits per heavy atom. The summed E-state index contributed by atoms with van der Waals surface area (Å²) in [6.45, 7) is 10.2. The Hall–Kier alpha value is -7.60. The number of carbonyl (C=O) groups is 5. The number of benzene rings is 3. The van der Waals surface area contributed by atoms with Gasteiger partial charge in [-0.3, -0.25) is 39.2 Å². The predicted molar refractivity (Wildman–Crippen MR) is 275 cm³/mol. The maximum atomic E-state index is 16.9. The average molecular weight is 1030 g/mol. The number of hydrogen-bond acceptors (Lipinski definition) is 16. The number of imide groups is 1. The number of hydrogen-bond donors (Lipinski definition) is 4. The molecule has 6 saturated heterocycles. The van der Waals surface area contributed by atoms with E-state index in [-0.39, 0.29) is 106 Å². The summed E-state index contributed by atoms with van der Waals surface area (Å²) in [5, 5.41) is 20.9. The number of likely N-dealkylation sites (tertiary alicyclic amines) is 1. The Morgan fingerprint density at radius 2 is 1.85 bits per heavy atom. The molecule has 0 saturated carbocycles. The number of phenols is 1. The SMILES string of the molecule is C#Cc1c(F)ccc2cc(O)cc(-c3ncc4c(N5CC6CCC(C5)N6)nc(OCC56CCC(COC=O)N5CC(=C)C6)nc4c3F)c12.CN1CC(CNc2ccc(C(=O)N(C)C3CCC(=O)NC3=O)c(C=O)c2)C1. The van der Waals surface area contributed by atoms with Gasteiger partial charge in [-0.05, 0) is 87.4 Å². The van der Waals surface area contributed by atoms with Gasteiger partial charge in [-0.2, -0.15) is 9.97 Å². The van der Waals surface area contributed by atoms with Gasteiger partial charge in [0.15, 0.2) is 12.1 Å². The summed E-state index contributed by atoms with van der Waals surface area (Å²) in [6.07, 6.45) is 12.8. The molecule has 2 aromatic heterocycles. The maximum absolute atomic E-state index is 16.9. The molecule has 20 heteroatoms. The van der Waals surface area contributed by atoms with Crippen molar-refractivity contribution in [3.63, 3.8) is 0 Å². The second-order valence-electron chi connectivity index (χ2n) is 20.7. The van der Waals surface area contributed by atoms with Gasteiger partial charge < -0.3 is 39.9 Å². The molecule has 3 amide bonds. The van der Waals surface area contributed by atoms with Crippen LogP contribution in [-0.4, -0.2) is 162 Å². The van der Waals surface area contributed by atoms with Crippen molar-refractivity contribution in [1.29, 1.82) is 0 Å². The number of anilines is 2. The highest BCUT2D eigenvalue weighted by Gasteiger charge is 2.51. The molecular weight excluding hydrogens is 967 g/mol. The summed E-state index contributed by atoms with van der Waals surface area (Å²) in [5.74, 6) is 0.693. The summed E-state index contributed by atoms with van der Waals surface area (Å²) in [5.41, 5.74) is 1.94. The molecular formula is C55H58F2N10O8. The van der Waals surface area contributed by atoms with E-state index >= 15 is 4.39 Å². The second kappa shape index (κ2) is 21.0. The Bertz CT molecular complexity index is 3170. The average Bonchev–Trinajstić information content (AvgIpc) is 4.04. The number of fused-ring (bicyclic) bond motifs is 5. The molecule has 4 N–H and O–H groups in total. The van der Waals surface area contributed by atoms with Crippen molar-refractivity contribution >= 4 is 63.7 Å². The fourth-order valence-electron chi connectivity index (χ4n) is 11.9. The van der Waals surface area contributed by atoms with E-state index in [9.17, 15) is 33.5 Å². The van der Waals surface area contributed by atoms with E-state index in [2.05, 4.69) is 60.2 Å². The summed E-state index contributed by atoms with van der Waals surface area (Å²) in [7, 11) is 3.58. The number of halogens is 2. The van der Waals surface area contributed by atoms with E-state index in [1.54, 1.807) is 18.2 Å². The Morgan fingerprint density at radius 1 is 1.07 bits per heavy atom. The number of likely N-dealkylation sites (N-methyl/N-ethyl adjacent to an activating group) is 1. The van der Waals surface area contributed by atoms with Gasteiger partial charge in [0.05, 0.1) is 22.1 Å². The van der Waals surface area contributed by atoms with Crippen LogP contribution in [0.4, 0.5) is 20.3 Å². The van der Waals surface area contributed by atoms with Crippen molar-refractivity contribution in [3.05, 3.63) is 89.1 Å². The molecule has 0 radical (unpaired) electrons. The molecule has 8 heterocycles. The zero-order valence-electron chi connectivity index (χ0n) is 41.7. The van der Waals surface area contributed by atoms with Crippen LogP contribution in [0.5, 0.6) is 11.8 Å². The zero-order chi connectivity index (χ0) is 52.7. The number of nitrogens with zero attached hydrogens (tertiary/aromatic N) is 7. The van der Waals surface area contributed by atoms with Crippen molar-refractivity contribution < 1.29 is 47.3 Å². The van der Waals surface area contributed by atoms with Crippen LogP contribution in [-0.2, 0) is 19.1 Å². The molecule has 3 aromatic carbocycles. The third-order valence-corrected chi connectivity index (χ3v) is 15.5. The van der Waals surface area contributed by atoms with E-state index < -0.39 is 29.5 Å². The van der Waals surface area contributed by atoms with Gasteiger partial charge in [0, 0.05) is 105 Å². The molecule has 5 aromatic rings. The van der Waals surface area contributed by atoms with Crippen LogP contribution in [0.1, 0.15) is 71.2 Å². The third kappa shape index (κ3) is 10.1. The Labute approximate surface area is 431 Å². The minimum atomic E-state index is -0.765. The number of phenolic OH excluding ortho intramolecular Hbond substituents is 1. The lowest BCUT2D eigenvalue weighted by Crippen LogP contribution is -2.53. The first-order valence-electron chi connectivity index (χ1n) is 25.2. The van der Waals surface area contributed by atoms with Crippen LogP contribution in [0.3, 0.4) is 0 Å². The molecule has 390 valence electrons. The van der Waals surface area contributed by atoms with E-state index in [0.29, 0.717) is 61.3 Å². The molecule has 18 nitrogen and oxygen atoms in total. The Balaban J connectivity index is 0.000000202. The highest BCUT2D eigenvalue weighted by atomic mass is 19.1. The minimum absolute atomic E-state index is 0.00472. The molecule has 6 aliphatic rings. The van der Waals surface area contributed by atoms with Crippen molar-refractivity contribution in [1.82, 2.24) is 40.3 Å². The lowest BCUT2D eigenvalue weighted by Gasteiger charge is -2.36. The normalized spacial score (nSPS) is 23.5. The number of piperazine rings is 1. The number of aldehydes is 1. The number of carbonyl (C=O) groups excluding carboxylic acids is 5. The molecule has 2 bridgehead atoms.